The van der Waals surface area contributed by atoms with Crippen molar-refractivity contribution in [2.24, 2.45) is 0 Å². The van der Waals surface area contributed by atoms with Crippen molar-refractivity contribution in [1.29, 1.82) is 0 Å². The zero-order valence-corrected chi connectivity index (χ0v) is 19.5. The highest BCUT2D eigenvalue weighted by molar-refractivity contribution is 5.84. The molecule has 8 nitrogen and oxygen atoms in total. The molecule has 1 heterocycles. The average molecular weight is 447 g/mol. The number of carbonyl (C=O) groups is 2. The number of hydrogen-bond donors (Lipinski definition) is 0. The number of benzene rings is 1. The van der Waals surface area contributed by atoms with E-state index in [1.807, 2.05) is 31.2 Å². The molecule has 0 atom stereocenters. The average Bonchev–Trinajstić information content (AvgIpc) is 3.32. The molecule has 176 valence electrons. The van der Waals surface area contributed by atoms with Crippen molar-refractivity contribution in [2.45, 2.75) is 32.7 Å². The Morgan fingerprint density at radius 3 is 2.38 bits per heavy atom. The molecule has 0 aliphatic heterocycles. The van der Waals surface area contributed by atoms with Crippen LogP contribution in [0.4, 0.5) is 0 Å². The van der Waals surface area contributed by atoms with E-state index >= 15 is 0 Å². The second-order valence-electron chi connectivity index (χ2n) is 7.39. The molecular formula is C24H34N2O6. The largest absolute Gasteiger partial charge is 0.493 e. The summed E-state index contributed by atoms with van der Waals surface area (Å²) in [4.78, 5) is 29.0. The minimum atomic E-state index is -0.137. The lowest BCUT2D eigenvalue weighted by molar-refractivity contribution is -0.141. The van der Waals surface area contributed by atoms with Gasteiger partial charge in [0.25, 0.3) is 0 Å². The molecule has 0 aliphatic carbocycles. The molecule has 0 N–H and O–H groups in total. The van der Waals surface area contributed by atoms with E-state index in [9.17, 15) is 9.59 Å². The van der Waals surface area contributed by atoms with Crippen molar-refractivity contribution in [2.75, 3.05) is 47.6 Å². The van der Waals surface area contributed by atoms with E-state index in [1.54, 1.807) is 43.5 Å². The van der Waals surface area contributed by atoms with Crippen LogP contribution in [0.25, 0.3) is 0 Å². The number of hydrogen-bond acceptors (Lipinski definition) is 6. The second-order valence-corrected chi connectivity index (χ2v) is 7.39. The van der Waals surface area contributed by atoms with Crippen molar-refractivity contribution >= 4 is 11.8 Å². The van der Waals surface area contributed by atoms with Gasteiger partial charge < -0.3 is 28.4 Å². The first-order valence-electron chi connectivity index (χ1n) is 10.8. The zero-order valence-electron chi connectivity index (χ0n) is 19.5. The summed E-state index contributed by atoms with van der Waals surface area (Å²) >= 11 is 0. The van der Waals surface area contributed by atoms with Gasteiger partial charge in [0.15, 0.2) is 11.5 Å². The first-order chi connectivity index (χ1) is 15.5. The van der Waals surface area contributed by atoms with Gasteiger partial charge in [-0.2, -0.15) is 0 Å². The first-order valence-corrected chi connectivity index (χ1v) is 10.8. The summed E-state index contributed by atoms with van der Waals surface area (Å²) in [7, 11) is 4.77. The smallest absolute Gasteiger partial charge is 0.242 e. The SMILES string of the molecule is CCCC(=O)N(CCOC)CC(=O)N(CCc1ccc(OC)c(OC)c1)Cc1ccco1. The van der Waals surface area contributed by atoms with Crippen LogP contribution in [0, 0.1) is 0 Å². The van der Waals surface area contributed by atoms with Crippen LogP contribution >= 0.6 is 0 Å². The lowest BCUT2D eigenvalue weighted by atomic mass is 10.1. The highest BCUT2D eigenvalue weighted by atomic mass is 16.5. The monoisotopic (exact) mass is 446 g/mol. The fourth-order valence-corrected chi connectivity index (χ4v) is 3.31. The maximum Gasteiger partial charge on any atom is 0.242 e. The van der Waals surface area contributed by atoms with Crippen LogP contribution in [0.1, 0.15) is 31.1 Å². The van der Waals surface area contributed by atoms with Crippen molar-refractivity contribution in [3.63, 3.8) is 0 Å². The maximum atomic E-state index is 13.2. The van der Waals surface area contributed by atoms with Crippen LogP contribution in [-0.4, -0.2) is 69.2 Å². The van der Waals surface area contributed by atoms with Crippen LogP contribution in [-0.2, 0) is 27.3 Å². The third-order valence-electron chi connectivity index (χ3n) is 5.11. The molecular weight excluding hydrogens is 412 g/mol. The van der Waals surface area contributed by atoms with Gasteiger partial charge in [0.1, 0.15) is 5.76 Å². The molecule has 8 heteroatoms. The summed E-state index contributed by atoms with van der Waals surface area (Å²) in [5.41, 5.74) is 1.01. The van der Waals surface area contributed by atoms with E-state index < -0.39 is 0 Å². The number of ether oxygens (including phenoxy) is 3. The van der Waals surface area contributed by atoms with E-state index in [-0.39, 0.29) is 18.4 Å². The summed E-state index contributed by atoms with van der Waals surface area (Å²) in [5, 5.41) is 0. The standard InChI is InChI=1S/C24H34N2O6/c1-5-7-23(27)26(13-15-29-2)18-24(28)25(17-20-8-6-14-32-20)12-11-19-9-10-21(30-3)22(16-19)31-4/h6,8-10,14,16H,5,7,11-13,15,17-18H2,1-4H3. The summed E-state index contributed by atoms with van der Waals surface area (Å²) < 4.78 is 21.2. The lowest BCUT2D eigenvalue weighted by Crippen LogP contribution is -2.44. The third-order valence-corrected chi connectivity index (χ3v) is 5.11. The molecule has 1 aromatic heterocycles. The van der Waals surface area contributed by atoms with E-state index in [0.717, 1.165) is 12.0 Å². The summed E-state index contributed by atoms with van der Waals surface area (Å²) in [5.74, 6) is 1.81. The Balaban J connectivity index is 2.12. The number of furan rings is 1. The highest BCUT2D eigenvalue weighted by Crippen LogP contribution is 2.27. The molecule has 0 aliphatic rings. The van der Waals surface area contributed by atoms with Crippen molar-refractivity contribution in [3.05, 3.63) is 47.9 Å². The van der Waals surface area contributed by atoms with Gasteiger partial charge in [0.2, 0.25) is 11.8 Å². The van der Waals surface area contributed by atoms with Gasteiger partial charge in [-0.05, 0) is 42.7 Å². The Morgan fingerprint density at radius 2 is 1.75 bits per heavy atom. The molecule has 0 unspecified atom stereocenters. The van der Waals surface area contributed by atoms with Gasteiger partial charge in [-0.25, -0.2) is 0 Å². The normalized spacial score (nSPS) is 10.6. The van der Waals surface area contributed by atoms with Gasteiger partial charge in [-0.1, -0.05) is 13.0 Å². The molecule has 2 amide bonds. The molecule has 32 heavy (non-hydrogen) atoms. The summed E-state index contributed by atoms with van der Waals surface area (Å²) in [6, 6.07) is 9.34. The quantitative estimate of drug-likeness (QED) is 0.443. The Morgan fingerprint density at radius 1 is 0.969 bits per heavy atom. The predicted octanol–water partition coefficient (Wildman–Crippen LogP) is 3.14. The molecule has 0 bridgehead atoms. The predicted molar refractivity (Wildman–Crippen MR) is 121 cm³/mol. The van der Waals surface area contributed by atoms with Crippen LogP contribution in [0.5, 0.6) is 11.5 Å². The topological polar surface area (TPSA) is 81.5 Å². The Kier molecular flexibility index (Phi) is 10.6. The molecule has 0 saturated heterocycles. The van der Waals surface area contributed by atoms with Crippen LogP contribution < -0.4 is 9.47 Å². The second kappa shape index (κ2) is 13.4. The fraction of sp³-hybridized carbons (Fsp3) is 0.500. The van der Waals surface area contributed by atoms with Gasteiger partial charge in [0, 0.05) is 26.6 Å². The number of carbonyl (C=O) groups excluding carboxylic acids is 2. The Hall–Kier alpha value is -3.00. The molecule has 0 spiro atoms. The fourth-order valence-electron chi connectivity index (χ4n) is 3.31. The zero-order chi connectivity index (χ0) is 23.3. The van der Waals surface area contributed by atoms with Gasteiger partial charge >= 0.3 is 0 Å². The molecule has 2 aromatic rings. The number of methoxy groups -OCH3 is 3. The van der Waals surface area contributed by atoms with E-state index in [1.165, 1.54) is 0 Å². The van der Waals surface area contributed by atoms with Crippen LogP contribution in [0.3, 0.4) is 0 Å². The van der Waals surface area contributed by atoms with Crippen LogP contribution in [0.15, 0.2) is 41.0 Å². The number of rotatable bonds is 14. The summed E-state index contributed by atoms with van der Waals surface area (Å²) in [6.45, 7) is 3.52. The Bertz CT molecular complexity index is 837. The minimum absolute atomic E-state index is 0.00877. The third kappa shape index (κ3) is 7.60. The number of nitrogens with zero attached hydrogens (tertiary/aromatic N) is 2. The minimum Gasteiger partial charge on any atom is -0.493 e. The molecule has 0 radical (unpaired) electrons. The van der Waals surface area contributed by atoms with Gasteiger partial charge in [-0.3, -0.25) is 9.59 Å². The van der Waals surface area contributed by atoms with E-state index in [4.69, 9.17) is 18.6 Å². The van der Waals surface area contributed by atoms with Gasteiger partial charge in [0.05, 0.1) is 40.2 Å². The maximum absolute atomic E-state index is 13.2. The molecule has 2 rings (SSSR count). The van der Waals surface area contributed by atoms with Crippen molar-refractivity contribution < 1.29 is 28.2 Å². The summed E-state index contributed by atoms with van der Waals surface area (Å²) in [6.07, 6.45) is 3.34. The van der Waals surface area contributed by atoms with Crippen LogP contribution in [0.2, 0.25) is 0 Å². The Labute approximate surface area is 190 Å². The van der Waals surface area contributed by atoms with E-state index in [0.29, 0.717) is 56.3 Å². The number of amides is 2. The lowest BCUT2D eigenvalue weighted by Gasteiger charge is -2.27. The van der Waals surface area contributed by atoms with E-state index in [2.05, 4.69) is 0 Å². The molecule has 0 fully saturated rings. The molecule has 1 aromatic carbocycles. The van der Waals surface area contributed by atoms with Crippen molar-refractivity contribution in [3.8, 4) is 11.5 Å². The highest BCUT2D eigenvalue weighted by Gasteiger charge is 2.22. The van der Waals surface area contributed by atoms with Crippen molar-refractivity contribution in [1.82, 2.24) is 9.80 Å². The first kappa shape index (κ1) is 25.3. The molecule has 0 saturated carbocycles. The van der Waals surface area contributed by atoms with Gasteiger partial charge in [-0.15, -0.1) is 0 Å².